The third kappa shape index (κ3) is 3.67. The van der Waals surface area contributed by atoms with Gasteiger partial charge in [-0.15, -0.1) is 0 Å². The Kier molecular flexibility index (Phi) is 5.15. The monoisotopic (exact) mass is 284 g/mol. The second-order valence-electron chi connectivity index (χ2n) is 4.38. The molecule has 0 radical (unpaired) electrons. The molecule has 0 spiro atoms. The number of carbonyl (C=O) groups is 1. The number of aromatic nitrogens is 1. The molecule has 1 atom stereocenters. The summed E-state index contributed by atoms with van der Waals surface area (Å²) in [6.07, 6.45) is 2.30. The summed E-state index contributed by atoms with van der Waals surface area (Å²) >= 11 is 1.84. The van der Waals surface area contributed by atoms with Crippen LogP contribution in [0, 0.1) is 5.95 Å². The van der Waals surface area contributed by atoms with Crippen LogP contribution in [0.15, 0.2) is 18.3 Å². The van der Waals surface area contributed by atoms with E-state index in [-0.39, 0.29) is 11.9 Å². The molecule has 0 bridgehead atoms. The van der Waals surface area contributed by atoms with Gasteiger partial charge in [0.25, 0.3) is 5.91 Å². The quantitative estimate of drug-likeness (QED) is 0.774. The fraction of sp³-hybridized carbons (Fsp3) is 0.538. The average Bonchev–Trinajstić information content (AvgIpc) is 2.93. The third-order valence-corrected chi connectivity index (χ3v) is 4.26. The lowest BCUT2D eigenvalue weighted by Gasteiger charge is -2.28. The number of halogens is 1. The molecule has 1 unspecified atom stereocenters. The Morgan fingerprint density at radius 3 is 3.16 bits per heavy atom. The van der Waals surface area contributed by atoms with Gasteiger partial charge in [0.05, 0.1) is 6.61 Å². The van der Waals surface area contributed by atoms with E-state index in [0.717, 1.165) is 17.9 Å². The summed E-state index contributed by atoms with van der Waals surface area (Å²) < 4.78 is 18.2. The van der Waals surface area contributed by atoms with E-state index in [4.69, 9.17) is 4.74 Å². The van der Waals surface area contributed by atoms with E-state index in [1.54, 1.807) is 18.1 Å². The van der Waals surface area contributed by atoms with E-state index in [1.165, 1.54) is 12.3 Å². The molecular weight excluding hydrogens is 267 g/mol. The third-order valence-electron chi connectivity index (χ3n) is 3.12. The lowest BCUT2D eigenvalue weighted by molar-refractivity contribution is 0.0624. The second-order valence-corrected chi connectivity index (χ2v) is 5.53. The summed E-state index contributed by atoms with van der Waals surface area (Å²) in [5, 5.41) is 0. The molecular formula is C13H17FN2O2S. The summed E-state index contributed by atoms with van der Waals surface area (Å²) in [7, 11) is 1.61. The van der Waals surface area contributed by atoms with Gasteiger partial charge in [-0.05, 0) is 18.2 Å². The fourth-order valence-electron chi connectivity index (χ4n) is 2.11. The lowest BCUT2D eigenvalue weighted by atomic mass is 10.1. The number of amides is 1. The Hall–Kier alpha value is -1.14. The smallest absolute Gasteiger partial charge is 0.254 e. The summed E-state index contributed by atoms with van der Waals surface area (Å²) in [5.41, 5.74) is 0.348. The highest BCUT2D eigenvalue weighted by Crippen LogP contribution is 2.23. The van der Waals surface area contributed by atoms with Crippen molar-refractivity contribution < 1.29 is 13.9 Å². The van der Waals surface area contributed by atoms with Gasteiger partial charge in [-0.3, -0.25) is 4.79 Å². The van der Waals surface area contributed by atoms with Crippen molar-refractivity contribution in [2.45, 2.75) is 12.5 Å². The number of carbonyl (C=O) groups excluding carboxylic acids is 1. The average molecular weight is 284 g/mol. The predicted molar refractivity (Wildman–Crippen MR) is 72.8 cm³/mol. The number of pyridine rings is 1. The molecule has 1 aliphatic heterocycles. The largest absolute Gasteiger partial charge is 0.383 e. The molecule has 1 fully saturated rings. The van der Waals surface area contributed by atoms with E-state index in [9.17, 15) is 9.18 Å². The van der Waals surface area contributed by atoms with Gasteiger partial charge in [0.2, 0.25) is 5.95 Å². The molecule has 0 aliphatic carbocycles. The Morgan fingerprint density at radius 1 is 1.68 bits per heavy atom. The van der Waals surface area contributed by atoms with Gasteiger partial charge in [-0.25, -0.2) is 4.98 Å². The van der Waals surface area contributed by atoms with Crippen molar-refractivity contribution in [1.82, 2.24) is 9.88 Å². The first-order valence-corrected chi connectivity index (χ1v) is 7.37. The van der Waals surface area contributed by atoms with Crippen LogP contribution in [0.2, 0.25) is 0 Å². The minimum Gasteiger partial charge on any atom is -0.383 e. The Balaban J connectivity index is 2.14. The molecule has 2 rings (SSSR count). The highest BCUT2D eigenvalue weighted by molar-refractivity contribution is 7.99. The van der Waals surface area contributed by atoms with Gasteiger partial charge in [0, 0.05) is 43.3 Å². The van der Waals surface area contributed by atoms with E-state index in [1.807, 2.05) is 11.8 Å². The highest BCUT2D eigenvalue weighted by atomic mass is 32.2. The van der Waals surface area contributed by atoms with Crippen LogP contribution in [0.5, 0.6) is 0 Å². The maximum Gasteiger partial charge on any atom is 0.254 e. The molecule has 6 heteroatoms. The first-order chi connectivity index (χ1) is 9.22. The van der Waals surface area contributed by atoms with Crippen molar-refractivity contribution in [3.8, 4) is 0 Å². The number of hydrogen-bond acceptors (Lipinski definition) is 4. The van der Waals surface area contributed by atoms with Crippen molar-refractivity contribution in [1.29, 1.82) is 0 Å². The number of thioether (sulfide) groups is 1. The molecule has 19 heavy (non-hydrogen) atoms. The number of nitrogens with zero attached hydrogens (tertiary/aromatic N) is 2. The summed E-state index contributed by atoms with van der Waals surface area (Å²) in [6, 6.07) is 2.95. The van der Waals surface area contributed by atoms with Crippen LogP contribution >= 0.6 is 11.8 Å². The first-order valence-electron chi connectivity index (χ1n) is 6.21. The SMILES string of the molecule is COCCN(C(=O)c1ccnc(F)c1)C1CCSC1. The molecule has 1 saturated heterocycles. The van der Waals surface area contributed by atoms with Crippen LogP contribution < -0.4 is 0 Å². The Morgan fingerprint density at radius 2 is 2.53 bits per heavy atom. The molecule has 0 saturated carbocycles. The van der Waals surface area contributed by atoms with Crippen molar-refractivity contribution in [2.24, 2.45) is 0 Å². The van der Waals surface area contributed by atoms with E-state index >= 15 is 0 Å². The standard InChI is InChI=1S/C13H17FN2O2S/c1-18-6-5-16(11-3-7-19-9-11)13(17)10-2-4-15-12(14)8-10/h2,4,8,11H,3,5-7,9H2,1H3. The van der Waals surface area contributed by atoms with Crippen LogP contribution in [0.1, 0.15) is 16.8 Å². The van der Waals surface area contributed by atoms with Gasteiger partial charge >= 0.3 is 0 Å². The van der Waals surface area contributed by atoms with Gasteiger partial charge in [0.15, 0.2) is 0 Å². The molecule has 1 aromatic rings. The van der Waals surface area contributed by atoms with Crippen molar-refractivity contribution >= 4 is 17.7 Å². The number of rotatable bonds is 5. The molecule has 1 aliphatic rings. The summed E-state index contributed by atoms with van der Waals surface area (Å²) in [6.45, 7) is 1.02. The Labute approximate surface area is 116 Å². The minimum absolute atomic E-state index is 0.147. The highest BCUT2D eigenvalue weighted by Gasteiger charge is 2.27. The number of ether oxygens (including phenoxy) is 1. The molecule has 0 aromatic carbocycles. The van der Waals surface area contributed by atoms with Crippen molar-refractivity contribution in [2.75, 3.05) is 31.8 Å². The predicted octanol–water partition coefficient (Wildman–Crippen LogP) is 1.81. The van der Waals surface area contributed by atoms with Crippen LogP contribution in [0.3, 0.4) is 0 Å². The minimum atomic E-state index is -0.627. The van der Waals surface area contributed by atoms with Crippen LogP contribution in [0.25, 0.3) is 0 Å². The topological polar surface area (TPSA) is 42.4 Å². The number of methoxy groups -OCH3 is 1. The molecule has 4 nitrogen and oxygen atoms in total. The molecule has 104 valence electrons. The van der Waals surface area contributed by atoms with Crippen molar-refractivity contribution in [3.63, 3.8) is 0 Å². The maximum atomic E-state index is 13.1. The van der Waals surface area contributed by atoms with Gasteiger partial charge in [-0.1, -0.05) is 0 Å². The van der Waals surface area contributed by atoms with Crippen LogP contribution in [-0.4, -0.2) is 53.6 Å². The number of hydrogen-bond donors (Lipinski definition) is 0. The van der Waals surface area contributed by atoms with Crippen LogP contribution in [-0.2, 0) is 4.74 Å². The molecule has 1 amide bonds. The van der Waals surface area contributed by atoms with Crippen LogP contribution in [0.4, 0.5) is 4.39 Å². The maximum absolute atomic E-state index is 13.1. The van der Waals surface area contributed by atoms with E-state index < -0.39 is 5.95 Å². The molecule has 2 heterocycles. The van der Waals surface area contributed by atoms with Gasteiger partial charge in [0.1, 0.15) is 0 Å². The van der Waals surface area contributed by atoms with Crippen molar-refractivity contribution in [3.05, 3.63) is 29.8 Å². The molecule has 1 aromatic heterocycles. The first kappa shape index (κ1) is 14.3. The summed E-state index contributed by atoms with van der Waals surface area (Å²) in [5.74, 6) is 1.22. The van der Waals surface area contributed by atoms with Gasteiger partial charge in [-0.2, -0.15) is 16.2 Å². The van der Waals surface area contributed by atoms with Gasteiger partial charge < -0.3 is 9.64 Å². The fourth-order valence-corrected chi connectivity index (χ4v) is 3.33. The zero-order valence-corrected chi connectivity index (χ0v) is 11.7. The normalized spacial score (nSPS) is 18.5. The molecule has 0 N–H and O–H groups in total. The zero-order valence-electron chi connectivity index (χ0n) is 10.8. The lowest BCUT2D eigenvalue weighted by Crippen LogP contribution is -2.42. The second kappa shape index (κ2) is 6.86. The van der Waals surface area contributed by atoms with E-state index in [0.29, 0.717) is 18.7 Å². The zero-order chi connectivity index (χ0) is 13.7. The summed E-state index contributed by atoms with van der Waals surface area (Å²) in [4.78, 5) is 17.7. The Bertz CT molecular complexity index is 438. The van der Waals surface area contributed by atoms with E-state index in [2.05, 4.69) is 4.98 Å².